The van der Waals surface area contributed by atoms with Gasteiger partial charge in [0.05, 0.1) is 17.2 Å². The van der Waals surface area contributed by atoms with Crippen molar-refractivity contribution in [3.8, 4) is 6.07 Å². The van der Waals surface area contributed by atoms with Crippen molar-refractivity contribution in [2.45, 2.75) is 19.0 Å². The number of nitrogens with one attached hydrogen (secondary N) is 1. The number of aryl methyl sites for hydroxylation is 1. The summed E-state index contributed by atoms with van der Waals surface area (Å²) in [4.78, 5) is 11.8. The summed E-state index contributed by atoms with van der Waals surface area (Å²) in [5.74, 6) is -0.367. The van der Waals surface area contributed by atoms with Crippen LogP contribution >= 0.6 is 0 Å². The molecular weight excluding hydrogens is 305 g/mol. The average Bonchev–Trinajstić information content (AvgIpc) is 2.53. The minimum Gasteiger partial charge on any atom is -0.326 e. The smallest absolute Gasteiger partial charge is 0.326 e. The van der Waals surface area contributed by atoms with Gasteiger partial charge >= 0.3 is 6.18 Å². The van der Waals surface area contributed by atoms with Crippen LogP contribution in [0.4, 0.5) is 18.9 Å². The molecule has 0 saturated heterocycles. The summed E-state index contributed by atoms with van der Waals surface area (Å²) in [5, 5.41) is 11.2. The second kappa shape index (κ2) is 6.97. The number of carbonyl (C=O) groups excluding carboxylic acids is 1. The molecule has 0 unspecified atom stereocenters. The Bertz CT molecular complexity index is 731. The molecule has 118 valence electrons. The first kappa shape index (κ1) is 16.6. The summed E-state index contributed by atoms with van der Waals surface area (Å²) in [6, 6.07) is 13.3. The van der Waals surface area contributed by atoms with Gasteiger partial charge in [0.2, 0.25) is 5.91 Å². The predicted molar refractivity (Wildman–Crippen MR) is 79.6 cm³/mol. The van der Waals surface area contributed by atoms with Gasteiger partial charge in [-0.1, -0.05) is 18.2 Å². The molecule has 1 amide bonds. The van der Waals surface area contributed by atoms with Crippen molar-refractivity contribution in [2.75, 3.05) is 5.32 Å². The Hall–Kier alpha value is -2.81. The van der Waals surface area contributed by atoms with Gasteiger partial charge in [-0.3, -0.25) is 4.79 Å². The molecule has 23 heavy (non-hydrogen) atoms. The second-order valence-electron chi connectivity index (χ2n) is 4.94. The van der Waals surface area contributed by atoms with Crippen molar-refractivity contribution in [3.63, 3.8) is 0 Å². The summed E-state index contributed by atoms with van der Waals surface area (Å²) in [6.07, 6.45) is -3.86. The third-order valence-corrected chi connectivity index (χ3v) is 3.20. The molecule has 3 nitrogen and oxygen atoms in total. The van der Waals surface area contributed by atoms with Crippen molar-refractivity contribution in [1.29, 1.82) is 5.26 Å². The minimum atomic E-state index is -4.44. The number of benzene rings is 2. The zero-order valence-corrected chi connectivity index (χ0v) is 12.0. The highest BCUT2D eigenvalue weighted by atomic mass is 19.4. The van der Waals surface area contributed by atoms with Crippen LogP contribution in [0.3, 0.4) is 0 Å². The fraction of sp³-hybridized carbons (Fsp3) is 0.176. The third-order valence-electron chi connectivity index (χ3n) is 3.20. The monoisotopic (exact) mass is 318 g/mol. The Morgan fingerprint density at radius 2 is 1.83 bits per heavy atom. The van der Waals surface area contributed by atoms with Gasteiger partial charge in [-0.2, -0.15) is 18.4 Å². The van der Waals surface area contributed by atoms with E-state index in [2.05, 4.69) is 5.32 Å². The van der Waals surface area contributed by atoms with Crippen molar-refractivity contribution in [1.82, 2.24) is 0 Å². The van der Waals surface area contributed by atoms with Crippen LogP contribution in [-0.2, 0) is 17.4 Å². The maximum absolute atomic E-state index is 12.6. The molecule has 0 fully saturated rings. The SMILES string of the molecule is N#Cc1ccc(CCC(=O)Nc2cccc(C(F)(F)F)c2)cc1. The fourth-order valence-corrected chi connectivity index (χ4v) is 2.00. The number of nitrogens with zero attached hydrogens (tertiary/aromatic N) is 1. The molecule has 0 aliphatic heterocycles. The number of hydrogen-bond acceptors (Lipinski definition) is 2. The number of alkyl halides is 3. The molecular formula is C17H13F3N2O. The van der Waals surface area contributed by atoms with Crippen molar-refractivity contribution in [2.24, 2.45) is 0 Å². The van der Waals surface area contributed by atoms with Gasteiger partial charge in [0.25, 0.3) is 0 Å². The molecule has 0 aromatic heterocycles. The first-order valence-electron chi connectivity index (χ1n) is 6.84. The number of halogens is 3. The number of anilines is 1. The Morgan fingerprint density at radius 1 is 1.13 bits per heavy atom. The lowest BCUT2D eigenvalue weighted by Crippen LogP contribution is -2.13. The van der Waals surface area contributed by atoms with E-state index in [0.29, 0.717) is 12.0 Å². The van der Waals surface area contributed by atoms with Gasteiger partial charge in [-0.15, -0.1) is 0 Å². The van der Waals surface area contributed by atoms with Crippen LogP contribution in [0.2, 0.25) is 0 Å². The van der Waals surface area contributed by atoms with Gasteiger partial charge in [0, 0.05) is 12.1 Å². The molecule has 0 atom stereocenters. The lowest BCUT2D eigenvalue weighted by molar-refractivity contribution is -0.137. The Morgan fingerprint density at radius 3 is 2.43 bits per heavy atom. The molecule has 0 heterocycles. The molecule has 0 radical (unpaired) electrons. The van der Waals surface area contributed by atoms with Crippen LogP contribution in [0.5, 0.6) is 0 Å². The summed E-state index contributed by atoms with van der Waals surface area (Å²) < 4.78 is 37.8. The summed E-state index contributed by atoms with van der Waals surface area (Å²) in [7, 11) is 0. The summed E-state index contributed by atoms with van der Waals surface area (Å²) >= 11 is 0. The minimum absolute atomic E-state index is 0.115. The van der Waals surface area contributed by atoms with E-state index in [0.717, 1.165) is 17.7 Å². The van der Waals surface area contributed by atoms with Crippen LogP contribution < -0.4 is 5.32 Å². The second-order valence-corrected chi connectivity index (χ2v) is 4.94. The number of hydrogen-bond donors (Lipinski definition) is 1. The lowest BCUT2D eigenvalue weighted by atomic mass is 10.1. The van der Waals surface area contributed by atoms with E-state index in [4.69, 9.17) is 5.26 Å². The lowest BCUT2D eigenvalue weighted by Gasteiger charge is -2.10. The number of carbonyl (C=O) groups is 1. The van der Waals surface area contributed by atoms with Gasteiger partial charge in [-0.05, 0) is 42.3 Å². The standard InChI is InChI=1S/C17H13F3N2O/c18-17(19,20)14-2-1-3-15(10-14)22-16(23)9-8-12-4-6-13(11-21)7-5-12/h1-7,10H,8-9H2,(H,22,23). The van der Waals surface area contributed by atoms with Crippen molar-refractivity contribution < 1.29 is 18.0 Å². The van der Waals surface area contributed by atoms with Crippen LogP contribution in [0.1, 0.15) is 23.1 Å². The van der Waals surface area contributed by atoms with E-state index in [1.165, 1.54) is 12.1 Å². The Labute approximate surface area is 131 Å². The van der Waals surface area contributed by atoms with Crippen LogP contribution in [-0.4, -0.2) is 5.91 Å². The van der Waals surface area contributed by atoms with Crippen molar-refractivity contribution >= 4 is 11.6 Å². The van der Waals surface area contributed by atoms with Crippen molar-refractivity contribution in [3.05, 3.63) is 65.2 Å². The highest BCUT2D eigenvalue weighted by Gasteiger charge is 2.30. The van der Waals surface area contributed by atoms with E-state index in [9.17, 15) is 18.0 Å². The zero-order chi connectivity index (χ0) is 16.9. The van der Waals surface area contributed by atoms with E-state index < -0.39 is 11.7 Å². The normalized spacial score (nSPS) is 10.9. The molecule has 2 rings (SSSR count). The van der Waals surface area contributed by atoms with Crippen LogP contribution in [0.15, 0.2) is 48.5 Å². The molecule has 0 aliphatic carbocycles. The molecule has 6 heteroatoms. The molecule has 0 bridgehead atoms. The van der Waals surface area contributed by atoms with E-state index in [1.807, 2.05) is 6.07 Å². The van der Waals surface area contributed by atoms with Crippen LogP contribution in [0.25, 0.3) is 0 Å². The molecule has 0 saturated carbocycles. The van der Waals surface area contributed by atoms with E-state index in [-0.39, 0.29) is 18.0 Å². The van der Waals surface area contributed by atoms with Crippen LogP contribution in [0, 0.1) is 11.3 Å². The highest BCUT2D eigenvalue weighted by Crippen LogP contribution is 2.30. The molecule has 2 aromatic rings. The quantitative estimate of drug-likeness (QED) is 0.921. The molecule has 0 aliphatic rings. The number of rotatable bonds is 4. The zero-order valence-electron chi connectivity index (χ0n) is 12.0. The molecule has 2 aromatic carbocycles. The van der Waals surface area contributed by atoms with Gasteiger partial charge < -0.3 is 5.32 Å². The first-order chi connectivity index (χ1) is 10.9. The first-order valence-corrected chi connectivity index (χ1v) is 6.84. The van der Waals surface area contributed by atoms with Gasteiger partial charge in [0.1, 0.15) is 0 Å². The number of amides is 1. The van der Waals surface area contributed by atoms with Gasteiger partial charge in [0.15, 0.2) is 0 Å². The fourth-order valence-electron chi connectivity index (χ4n) is 2.00. The predicted octanol–water partition coefficient (Wildman–Crippen LogP) is 4.15. The summed E-state index contributed by atoms with van der Waals surface area (Å²) in [5.41, 5.74) is 0.720. The molecule has 0 spiro atoms. The maximum Gasteiger partial charge on any atom is 0.416 e. The molecule has 1 N–H and O–H groups in total. The largest absolute Gasteiger partial charge is 0.416 e. The van der Waals surface area contributed by atoms with Gasteiger partial charge in [-0.25, -0.2) is 0 Å². The average molecular weight is 318 g/mol. The maximum atomic E-state index is 12.6. The highest BCUT2D eigenvalue weighted by molar-refractivity contribution is 5.90. The van der Waals surface area contributed by atoms with E-state index >= 15 is 0 Å². The number of nitriles is 1. The summed E-state index contributed by atoms with van der Waals surface area (Å²) in [6.45, 7) is 0. The third kappa shape index (κ3) is 4.85. The van der Waals surface area contributed by atoms with E-state index in [1.54, 1.807) is 24.3 Å². The Balaban J connectivity index is 1.93. The topological polar surface area (TPSA) is 52.9 Å². The Kier molecular flexibility index (Phi) is 5.02.